The lowest BCUT2D eigenvalue weighted by Crippen LogP contribution is -2.16. The molecule has 4 aromatic carbocycles. The largest absolute Gasteiger partial charge is 0.491 e. The zero-order chi connectivity index (χ0) is 31.1. The van der Waals surface area contributed by atoms with Crippen LogP contribution in [0.5, 0.6) is 11.5 Å². The maximum absolute atomic E-state index is 9.50. The summed E-state index contributed by atoms with van der Waals surface area (Å²) in [5.74, 6) is 1.66. The number of aliphatic hydroxyl groups is 2. The number of hydrogen-bond acceptors (Lipinski definition) is 4. The molecule has 43 heavy (non-hydrogen) atoms. The van der Waals surface area contributed by atoms with E-state index in [9.17, 15) is 10.2 Å². The third kappa shape index (κ3) is 5.96. The average Bonchev–Trinajstić information content (AvgIpc) is 3.32. The zero-order valence-corrected chi connectivity index (χ0v) is 27.0. The molecule has 0 unspecified atom stereocenters. The number of fused-ring (bicyclic) bond motifs is 3. The van der Waals surface area contributed by atoms with Gasteiger partial charge in [-0.25, -0.2) is 0 Å². The van der Waals surface area contributed by atoms with Crippen LogP contribution in [0.2, 0.25) is 0 Å². The Hall–Kier alpha value is -3.60. The molecule has 0 saturated carbocycles. The summed E-state index contributed by atoms with van der Waals surface area (Å²) in [6.07, 6.45) is 0.880. The first-order chi connectivity index (χ1) is 20.3. The van der Waals surface area contributed by atoms with Gasteiger partial charge in [0.15, 0.2) is 0 Å². The Morgan fingerprint density at radius 2 is 1.12 bits per heavy atom. The lowest BCUT2D eigenvalue weighted by atomic mass is 9.79. The Morgan fingerprint density at radius 3 is 1.67 bits per heavy atom. The highest BCUT2D eigenvalue weighted by atomic mass is 16.5. The Labute approximate surface area is 257 Å². The second-order valence-electron chi connectivity index (χ2n) is 13.8. The van der Waals surface area contributed by atoms with Gasteiger partial charge >= 0.3 is 0 Å². The second-order valence-corrected chi connectivity index (χ2v) is 13.8. The molecule has 0 fully saturated rings. The fraction of sp³-hybridized carbons (Fsp3) is 0.385. The van der Waals surface area contributed by atoms with Gasteiger partial charge in [-0.3, -0.25) is 0 Å². The van der Waals surface area contributed by atoms with Crippen LogP contribution in [0.15, 0.2) is 60.7 Å². The van der Waals surface area contributed by atoms with Crippen LogP contribution in [0.1, 0.15) is 74.9 Å². The molecule has 0 aliphatic heterocycles. The summed E-state index contributed by atoms with van der Waals surface area (Å²) < 4.78 is 12.1. The Kier molecular flexibility index (Phi) is 8.48. The summed E-state index contributed by atoms with van der Waals surface area (Å²) in [6.45, 7) is 18.1. The predicted molar refractivity (Wildman–Crippen MR) is 178 cm³/mol. The number of rotatable bonds is 8. The van der Waals surface area contributed by atoms with Gasteiger partial charge in [0.1, 0.15) is 24.7 Å². The van der Waals surface area contributed by atoms with E-state index in [1.165, 1.54) is 44.5 Å². The number of ether oxygens (including phenoxy) is 2. The van der Waals surface area contributed by atoms with Gasteiger partial charge in [0, 0.05) is 11.1 Å². The fourth-order valence-corrected chi connectivity index (χ4v) is 6.39. The van der Waals surface area contributed by atoms with E-state index in [0.717, 1.165) is 40.2 Å². The monoisotopic (exact) mass is 578 g/mol. The lowest BCUT2D eigenvalue weighted by Gasteiger charge is -2.28. The molecule has 1 aliphatic rings. The molecule has 0 saturated heterocycles. The van der Waals surface area contributed by atoms with Crippen molar-refractivity contribution in [3.63, 3.8) is 0 Å². The first-order valence-corrected chi connectivity index (χ1v) is 15.4. The van der Waals surface area contributed by atoms with Crippen LogP contribution in [0, 0.1) is 13.8 Å². The van der Waals surface area contributed by atoms with Gasteiger partial charge in [0.25, 0.3) is 0 Å². The van der Waals surface area contributed by atoms with Crippen molar-refractivity contribution < 1.29 is 19.7 Å². The second kappa shape index (κ2) is 11.8. The Bertz CT molecular complexity index is 1650. The van der Waals surface area contributed by atoms with Crippen molar-refractivity contribution in [1.82, 2.24) is 0 Å². The van der Waals surface area contributed by atoms with Gasteiger partial charge in [-0.15, -0.1) is 0 Å². The summed E-state index contributed by atoms with van der Waals surface area (Å²) in [5, 5.41) is 19.0. The van der Waals surface area contributed by atoms with Crippen LogP contribution in [-0.4, -0.2) is 36.6 Å². The molecule has 4 nitrogen and oxygen atoms in total. The smallest absolute Gasteiger partial charge is 0.123 e. The number of benzene rings is 4. The molecule has 4 heteroatoms. The molecule has 4 aromatic rings. The quantitative estimate of drug-likeness (QED) is 0.194. The summed E-state index contributed by atoms with van der Waals surface area (Å²) in [6, 6.07) is 22.2. The van der Waals surface area contributed by atoms with Crippen LogP contribution >= 0.6 is 0 Å². The molecule has 0 radical (unpaired) electrons. The molecule has 0 spiro atoms. The van der Waals surface area contributed by atoms with Crippen molar-refractivity contribution in [1.29, 1.82) is 0 Å². The molecule has 0 aromatic heterocycles. The van der Waals surface area contributed by atoms with E-state index in [-0.39, 0.29) is 37.3 Å². The zero-order valence-electron chi connectivity index (χ0n) is 27.0. The van der Waals surface area contributed by atoms with Gasteiger partial charge in [-0.05, 0) is 111 Å². The van der Waals surface area contributed by atoms with E-state index in [4.69, 9.17) is 9.47 Å². The molecule has 0 atom stereocenters. The molecule has 0 heterocycles. The minimum atomic E-state index is -0.157. The van der Waals surface area contributed by atoms with E-state index in [1.807, 2.05) is 0 Å². The fourth-order valence-electron chi connectivity index (χ4n) is 6.39. The first-order valence-electron chi connectivity index (χ1n) is 15.4. The van der Waals surface area contributed by atoms with Gasteiger partial charge < -0.3 is 19.7 Å². The number of hydrogen-bond donors (Lipinski definition) is 2. The van der Waals surface area contributed by atoms with Crippen molar-refractivity contribution in [2.24, 2.45) is 0 Å². The summed E-state index contributed by atoms with van der Waals surface area (Å²) >= 11 is 0. The highest BCUT2D eigenvalue weighted by Gasteiger charge is 2.29. The Morgan fingerprint density at radius 1 is 0.605 bits per heavy atom. The van der Waals surface area contributed by atoms with E-state index in [1.54, 1.807) is 0 Å². The van der Waals surface area contributed by atoms with Crippen molar-refractivity contribution in [3.05, 3.63) is 94.0 Å². The molecule has 0 bridgehead atoms. The van der Waals surface area contributed by atoms with Crippen molar-refractivity contribution >= 4 is 0 Å². The summed E-state index contributed by atoms with van der Waals surface area (Å²) in [4.78, 5) is 0. The molecular formula is C39H46O4. The minimum Gasteiger partial charge on any atom is -0.491 e. The first kappa shape index (κ1) is 30.8. The molecular weight excluding hydrogens is 532 g/mol. The maximum Gasteiger partial charge on any atom is 0.123 e. The molecule has 1 aliphatic carbocycles. The number of aliphatic hydroxyl groups excluding tert-OH is 2. The van der Waals surface area contributed by atoms with Gasteiger partial charge in [-0.2, -0.15) is 0 Å². The third-order valence-corrected chi connectivity index (χ3v) is 8.51. The van der Waals surface area contributed by atoms with Crippen LogP contribution in [-0.2, 0) is 17.3 Å². The predicted octanol–water partition coefficient (Wildman–Crippen LogP) is 8.55. The van der Waals surface area contributed by atoms with Crippen LogP contribution in [0.4, 0.5) is 0 Å². The molecule has 2 N–H and O–H groups in total. The van der Waals surface area contributed by atoms with Crippen LogP contribution in [0.3, 0.4) is 0 Å². The standard InChI is InChI=1S/C39H46O4/c1-24-19-35(42-17-15-40)33(38(3,4)5)22-30(24)29-14-13-28-27-12-10-9-11-26(27)21-32(28)37(29)31-23-34(39(6,7)8)36(20-25(31)2)43-18-16-41/h9-14,19-20,22-23,40-41H,15-18,21H2,1-8H3. The van der Waals surface area contributed by atoms with Crippen molar-refractivity contribution in [2.45, 2.75) is 72.6 Å². The van der Waals surface area contributed by atoms with Gasteiger partial charge in [-0.1, -0.05) is 77.9 Å². The van der Waals surface area contributed by atoms with Gasteiger partial charge in [0.05, 0.1) is 13.2 Å². The summed E-state index contributed by atoms with van der Waals surface area (Å²) in [5.41, 5.74) is 14.4. The average molecular weight is 579 g/mol. The Balaban J connectivity index is 1.83. The van der Waals surface area contributed by atoms with Gasteiger partial charge in [0.2, 0.25) is 0 Å². The molecule has 5 rings (SSSR count). The third-order valence-electron chi connectivity index (χ3n) is 8.51. The topological polar surface area (TPSA) is 58.9 Å². The normalized spacial score (nSPS) is 12.7. The van der Waals surface area contributed by atoms with E-state index >= 15 is 0 Å². The highest BCUT2D eigenvalue weighted by molar-refractivity contribution is 5.95. The summed E-state index contributed by atoms with van der Waals surface area (Å²) in [7, 11) is 0. The molecule has 0 amide bonds. The lowest BCUT2D eigenvalue weighted by molar-refractivity contribution is 0.199. The SMILES string of the molecule is Cc1cc(OCCO)c(C(C)(C)C)cc1-c1ccc2c(c1-c1cc(C(C)(C)C)c(OCCO)cc1C)Cc1ccccc1-2. The maximum atomic E-state index is 9.50. The van der Waals surface area contributed by atoms with Crippen molar-refractivity contribution in [2.75, 3.05) is 26.4 Å². The van der Waals surface area contributed by atoms with Crippen LogP contribution in [0.25, 0.3) is 33.4 Å². The number of aryl methyl sites for hydroxylation is 2. The van der Waals surface area contributed by atoms with E-state index in [2.05, 4.69) is 116 Å². The molecule has 226 valence electrons. The van der Waals surface area contributed by atoms with Crippen molar-refractivity contribution in [3.8, 4) is 44.9 Å². The van der Waals surface area contributed by atoms with Crippen LogP contribution < -0.4 is 9.47 Å². The highest BCUT2D eigenvalue weighted by Crippen LogP contribution is 2.50. The minimum absolute atomic E-state index is 0.0205. The van der Waals surface area contributed by atoms with E-state index < -0.39 is 0 Å². The van der Waals surface area contributed by atoms with E-state index in [0.29, 0.717) is 0 Å².